The van der Waals surface area contributed by atoms with Crippen molar-refractivity contribution in [3.63, 3.8) is 0 Å². The van der Waals surface area contributed by atoms with E-state index < -0.39 is 35.8 Å². The van der Waals surface area contributed by atoms with Gasteiger partial charge in [-0.15, -0.1) is 0 Å². The third kappa shape index (κ3) is 4.24. The van der Waals surface area contributed by atoms with E-state index in [1.807, 2.05) is 0 Å². The molecule has 0 saturated heterocycles. The molecule has 1 aromatic heterocycles. The summed E-state index contributed by atoms with van der Waals surface area (Å²) in [5.74, 6) is -0.633. The van der Waals surface area contributed by atoms with Crippen LogP contribution in [0.3, 0.4) is 0 Å². The van der Waals surface area contributed by atoms with Crippen molar-refractivity contribution >= 4 is 17.4 Å². The zero-order valence-corrected chi connectivity index (χ0v) is 13.0. The molecule has 0 bridgehead atoms. The summed E-state index contributed by atoms with van der Waals surface area (Å²) in [7, 11) is 1.52. The molecular formula is C14H12ClF4N3O2. The van der Waals surface area contributed by atoms with Gasteiger partial charge in [-0.2, -0.15) is 18.2 Å². The number of hydrogen-bond acceptors (Lipinski definition) is 5. The second kappa shape index (κ2) is 7.18. The van der Waals surface area contributed by atoms with Crippen LogP contribution in [0.5, 0.6) is 5.75 Å². The summed E-state index contributed by atoms with van der Waals surface area (Å²) in [6.45, 7) is -0.563. The standard InChI is InChI=1S/C14H12ClF4N3O2/c1-20-12-11(5-21-13(15)22-12)24-6-10(23)8-4-7(16)2-3-9(8)14(17,18)19/h2-5,10,23H,6H2,1H3,(H,20,21,22). The van der Waals surface area contributed by atoms with Crippen LogP contribution in [0.25, 0.3) is 0 Å². The van der Waals surface area contributed by atoms with E-state index in [1.165, 1.54) is 13.2 Å². The summed E-state index contributed by atoms with van der Waals surface area (Å²) in [5.41, 5.74) is -1.76. The molecular weight excluding hydrogens is 354 g/mol. The Hall–Kier alpha value is -2.13. The Balaban J connectivity index is 2.22. The number of halogens is 5. The van der Waals surface area contributed by atoms with Crippen LogP contribution < -0.4 is 10.1 Å². The summed E-state index contributed by atoms with van der Waals surface area (Å²) in [6, 6.07) is 1.86. The van der Waals surface area contributed by atoms with Gasteiger partial charge in [-0.25, -0.2) is 9.37 Å². The Kier molecular flexibility index (Phi) is 5.45. The Labute approximate surface area is 139 Å². The number of alkyl halides is 3. The molecule has 1 aromatic carbocycles. The van der Waals surface area contributed by atoms with Crippen LogP contribution in [0.2, 0.25) is 5.28 Å². The van der Waals surface area contributed by atoms with E-state index in [4.69, 9.17) is 16.3 Å². The van der Waals surface area contributed by atoms with Gasteiger partial charge in [0.2, 0.25) is 5.28 Å². The SMILES string of the molecule is CNc1nc(Cl)ncc1OCC(O)c1cc(F)ccc1C(F)(F)F. The highest BCUT2D eigenvalue weighted by Crippen LogP contribution is 2.35. The summed E-state index contributed by atoms with van der Waals surface area (Å²) < 4.78 is 57.3. The van der Waals surface area contributed by atoms with Crippen molar-refractivity contribution in [2.75, 3.05) is 19.0 Å². The first kappa shape index (κ1) is 18.2. The van der Waals surface area contributed by atoms with Gasteiger partial charge in [-0.1, -0.05) is 0 Å². The van der Waals surface area contributed by atoms with Gasteiger partial charge < -0.3 is 15.2 Å². The van der Waals surface area contributed by atoms with Gasteiger partial charge >= 0.3 is 6.18 Å². The van der Waals surface area contributed by atoms with Crippen molar-refractivity contribution in [1.82, 2.24) is 9.97 Å². The monoisotopic (exact) mass is 365 g/mol. The molecule has 24 heavy (non-hydrogen) atoms. The highest BCUT2D eigenvalue weighted by Gasteiger charge is 2.35. The van der Waals surface area contributed by atoms with Gasteiger partial charge in [0.1, 0.15) is 18.5 Å². The van der Waals surface area contributed by atoms with Gasteiger partial charge in [0, 0.05) is 7.05 Å². The van der Waals surface area contributed by atoms with Crippen LogP contribution in [0, 0.1) is 5.82 Å². The van der Waals surface area contributed by atoms with Crippen LogP contribution in [-0.4, -0.2) is 28.7 Å². The number of aromatic nitrogens is 2. The fraction of sp³-hybridized carbons (Fsp3) is 0.286. The quantitative estimate of drug-likeness (QED) is 0.627. The highest BCUT2D eigenvalue weighted by molar-refractivity contribution is 6.28. The number of rotatable bonds is 5. The molecule has 0 amide bonds. The van der Waals surface area contributed by atoms with Crippen molar-refractivity contribution in [1.29, 1.82) is 0 Å². The number of hydrogen-bond donors (Lipinski definition) is 2. The Morgan fingerprint density at radius 1 is 1.38 bits per heavy atom. The zero-order chi connectivity index (χ0) is 17.9. The van der Waals surface area contributed by atoms with Gasteiger partial charge in [0.15, 0.2) is 11.6 Å². The Morgan fingerprint density at radius 3 is 2.71 bits per heavy atom. The maximum absolute atomic E-state index is 13.3. The fourth-order valence-electron chi connectivity index (χ4n) is 1.96. The van der Waals surface area contributed by atoms with E-state index in [0.717, 1.165) is 0 Å². The van der Waals surface area contributed by atoms with E-state index in [2.05, 4.69) is 15.3 Å². The van der Waals surface area contributed by atoms with Crippen LogP contribution in [0.15, 0.2) is 24.4 Å². The van der Waals surface area contributed by atoms with Gasteiger partial charge in [0.05, 0.1) is 11.8 Å². The van der Waals surface area contributed by atoms with Crippen LogP contribution in [0.4, 0.5) is 23.4 Å². The van der Waals surface area contributed by atoms with E-state index in [1.54, 1.807) is 0 Å². The first-order chi connectivity index (χ1) is 11.2. The lowest BCUT2D eigenvalue weighted by Crippen LogP contribution is -2.17. The topological polar surface area (TPSA) is 67.3 Å². The number of nitrogens with zero attached hydrogens (tertiary/aromatic N) is 2. The van der Waals surface area contributed by atoms with Gasteiger partial charge in [-0.3, -0.25) is 0 Å². The molecule has 0 aliphatic carbocycles. The smallest absolute Gasteiger partial charge is 0.416 e. The number of ether oxygens (including phenoxy) is 1. The van der Waals surface area contributed by atoms with Crippen molar-refractivity contribution in [2.24, 2.45) is 0 Å². The van der Waals surface area contributed by atoms with Crippen LogP contribution in [-0.2, 0) is 6.18 Å². The lowest BCUT2D eigenvalue weighted by molar-refractivity contribution is -0.139. The van der Waals surface area contributed by atoms with E-state index >= 15 is 0 Å². The van der Waals surface area contributed by atoms with E-state index in [-0.39, 0.29) is 16.9 Å². The van der Waals surface area contributed by atoms with Crippen LogP contribution in [0.1, 0.15) is 17.2 Å². The summed E-state index contributed by atoms with van der Waals surface area (Å²) in [5, 5.41) is 12.6. The first-order valence-electron chi connectivity index (χ1n) is 6.60. The minimum absolute atomic E-state index is 0.0586. The molecule has 2 rings (SSSR count). The van der Waals surface area contributed by atoms with Crippen LogP contribution >= 0.6 is 11.6 Å². The molecule has 1 unspecified atom stereocenters. The molecule has 0 radical (unpaired) electrons. The average molecular weight is 366 g/mol. The van der Waals surface area contributed by atoms with Crippen molar-refractivity contribution < 1.29 is 27.4 Å². The molecule has 0 aliphatic rings. The third-order valence-electron chi connectivity index (χ3n) is 3.04. The van der Waals surface area contributed by atoms with E-state index in [0.29, 0.717) is 18.2 Å². The lowest BCUT2D eigenvalue weighted by atomic mass is 10.0. The molecule has 0 aliphatic heterocycles. The van der Waals surface area contributed by atoms with Crippen molar-refractivity contribution in [3.8, 4) is 5.75 Å². The molecule has 2 aromatic rings. The molecule has 10 heteroatoms. The summed E-state index contributed by atoms with van der Waals surface area (Å²) in [6.07, 6.45) is -5.24. The minimum atomic E-state index is -4.73. The Morgan fingerprint density at radius 2 is 2.08 bits per heavy atom. The van der Waals surface area contributed by atoms with Crippen molar-refractivity contribution in [3.05, 3.63) is 46.6 Å². The minimum Gasteiger partial charge on any atom is -0.485 e. The van der Waals surface area contributed by atoms with Crippen molar-refractivity contribution in [2.45, 2.75) is 12.3 Å². The summed E-state index contributed by atoms with van der Waals surface area (Å²) >= 11 is 5.61. The first-order valence-corrected chi connectivity index (χ1v) is 6.98. The number of anilines is 1. The highest BCUT2D eigenvalue weighted by atomic mass is 35.5. The van der Waals surface area contributed by atoms with E-state index in [9.17, 15) is 22.7 Å². The molecule has 1 heterocycles. The fourth-order valence-corrected chi connectivity index (χ4v) is 2.09. The largest absolute Gasteiger partial charge is 0.485 e. The number of nitrogens with one attached hydrogen (secondary N) is 1. The number of aliphatic hydroxyl groups excluding tert-OH is 1. The molecule has 1 atom stereocenters. The number of benzene rings is 1. The normalized spacial score (nSPS) is 12.8. The zero-order valence-electron chi connectivity index (χ0n) is 12.2. The maximum Gasteiger partial charge on any atom is 0.416 e. The molecule has 130 valence electrons. The molecule has 0 spiro atoms. The molecule has 5 nitrogen and oxygen atoms in total. The second-order valence-electron chi connectivity index (χ2n) is 4.66. The van der Waals surface area contributed by atoms with Gasteiger partial charge in [-0.05, 0) is 35.4 Å². The molecule has 2 N–H and O–H groups in total. The second-order valence-corrected chi connectivity index (χ2v) is 5.00. The predicted octanol–water partition coefficient (Wildman–Crippen LogP) is 3.44. The summed E-state index contributed by atoms with van der Waals surface area (Å²) in [4.78, 5) is 7.49. The third-order valence-corrected chi connectivity index (χ3v) is 3.22. The predicted molar refractivity (Wildman–Crippen MR) is 78.4 cm³/mol. The molecule has 0 saturated carbocycles. The maximum atomic E-state index is 13.3. The molecule has 0 fully saturated rings. The number of aliphatic hydroxyl groups is 1. The lowest BCUT2D eigenvalue weighted by Gasteiger charge is -2.18. The average Bonchev–Trinajstić information content (AvgIpc) is 2.51. The Bertz CT molecular complexity index is 728. The van der Waals surface area contributed by atoms with Gasteiger partial charge in [0.25, 0.3) is 0 Å².